The monoisotopic (exact) mass is 379 g/mol. The number of para-hydroxylation sites is 2. The molecule has 3 aromatic rings. The third-order valence-corrected chi connectivity index (χ3v) is 4.15. The Hall–Kier alpha value is -3.51. The van der Waals surface area contributed by atoms with Crippen molar-refractivity contribution in [1.29, 1.82) is 0 Å². The zero-order valence-corrected chi connectivity index (χ0v) is 14.7. The highest BCUT2D eigenvalue weighted by molar-refractivity contribution is 6.30. The first-order chi connectivity index (χ1) is 13.1. The van der Waals surface area contributed by atoms with E-state index in [0.717, 1.165) is 0 Å². The number of hydrogen-bond acceptors (Lipinski definition) is 3. The van der Waals surface area contributed by atoms with Gasteiger partial charge in [0.15, 0.2) is 5.75 Å². The minimum absolute atomic E-state index is 0.311. The molecule has 27 heavy (non-hydrogen) atoms. The van der Waals surface area contributed by atoms with Crippen LogP contribution in [0.25, 0.3) is 0 Å². The van der Waals surface area contributed by atoms with E-state index < -0.39 is 6.03 Å². The van der Waals surface area contributed by atoms with Crippen LogP contribution in [-0.4, -0.2) is 11.9 Å². The fourth-order valence-corrected chi connectivity index (χ4v) is 2.89. The van der Waals surface area contributed by atoms with Crippen LogP contribution in [0.3, 0.4) is 0 Å². The number of nitrogens with one attached hydrogen (secondary N) is 3. The molecule has 1 aliphatic heterocycles. The summed E-state index contributed by atoms with van der Waals surface area (Å²) in [6.07, 6.45) is 0. The van der Waals surface area contributed by atoms with E-state index >= 15 is 0 Å². The maximum atomic E-state index is 12.5. The molecule has 0 unspecified atom stereocenters. The van der Waals surface area contributed by atoms with E-state index in [1.54, 1.807) is 54.6 Å². The molecule has 3 amide bonds. The average molecular weight is 380 g/mol. The molecule has 0 aliphatic carbocycles. The van der Waals surface area contributed by atoms with E-state index in [-0.39, 0.29) is 5.91 Å². The highest BCUT2D eigenvalue weighted by Gasteiger charge is 2.21. The molecule has 0 bridgehead atoms. The fraction of sp³-hybridized carbons (Fsp3) is 0. The van der Waals surface area contributed by atoms with Gasteiger partial charge in [-0.2, -0.15) is 0 Å². The molecule has 0 atom stereocenters. The number of benzene rings is 3. The first-order valence-corrected chi connectivity index (χ1v) is 8.52. The molecule has 1 heterocycles. The van der Waals surface area contributed by atoms with Gasteiger partial charge >= 0.3 is 6.03 Å². The van der Waals surface area contributed by atoms with Crippen LogP contribution in [-0.2, 0) is 0 Å². The summed E-state index contributed by atoms with van der Waals surface area (Å²) >= 11 is 5.91. The number of carbonyl (C=O) groups excluding carboxylic acids is 2. The second kappa shape index (κ2) is 7.01. The Bertz CT molecular complexity index is 1050. The molecule has 4 rings (SSSR count). The van der Waals surface area contributed by atoms with Crippen molar-refractivity contribution < 1.29 is 14.3 Å². The summed E-state index contributed by atoms with van der Waals surface area (Å²) in [6, 6.07) is 18.4. The van der Waals surface area contributed by atoms with E-state index in [9.17, 15) is 9.59 Å². The summed E-state index contributed by atoms with van der Waals surface area (Å²) in [7, 11) is 0. The van der Waals surface area contributed by atoms with Gasteiger partial charge < -0.3 is 20.7 Å². The van der Waals surface area contributed by atoms with Gasteiger partial charge in [0.25, 0.3) is 5.91 Å². The quantitative estimate of drug-likeness (QED) is 0.562. The van der Waals surface area contributed by atoms with Gasteiger partial charge in [0.2, 0.25) is 0 Å². The second-order valence-corrected chi connectivity index (χ2v) is 6.29. The van der Waals surface area contributed by atoms with Gasteiger partial charge in [-0.1, -0.05) is 29.8 Å². The molecule has 134 valence electrons. The van der Waals surface area contributed by atoms with Crippen LogP contribution in [0.1, 0.15) is 10.4 Å². The summed E-state index contributed by atoms with van der Waals surface area (Å²) in [4.78, 5) is 24.7. The number of rotatable bonds is 2. The van der Waals surface area contributed by atoms with Gasteiger partial charge in [-0.25, -0.2) is 4.79 Å². The number of ether oxygens (including phenoxy) is 1. The minimum Gasteiger partial charge on any atom is -0.454 e. The maximum absolute atomic E-state index is 12.5. The first kappa shape index (κ1) is 16.9. The van der Waals surface area contributed by atoms with Crippen molar-refractivity contribution >= 4 is 40.6 Å². The first-order valence-electron chi connectivity index (χ1n) is 8.14. The van der Waals surface area contributed by atoms with Crippen molar-refractivity contribution in [3.05, 3.63) is 77.3 Å². The van der Waals surface area contributed by atoms with Crippen LogP contribution in [0.4, 0.5) is 21.9 Å². The van der Waals surface area contributed by atoms with Gasteiger partial charge in [0.05, 0.1) is 11.3 Å². The number of amides is 3. The molecule has 3 N–H and O–H groups in total. The Morgan fingerprint density at radius 3 is 2.48 bits per heavy atom. The molecule has 0 fully saturated rings. The smallest absolute Gasteiger partial charge is 0.323 e. The number of halogens is 1. The molecule has 3 aromatic carbocycles. The minimum atomic E-state index is -0.449. The van der Waals surface area contributed by atoms with Gasteiger partial charge in [-0.15, -0.1) is 0 Å². The fourth-order valence-electron chi connectivity index (χ4n) is 2.70. The Morgan fingerprint density at radius 1 is 0.889 bits per heavy atom. The van der Waals surface area contributed by atoms with E-state index in [0.29, 0.717) is 39.1 Å². The molecule has 0 aromatic heterocycles. The Kier molecular flexibility index (Phi) is 4.40. The third kappa shape index (κ3) is 3.70. The molecule has 6 nitrogen and oxygen atoms in total. The number of hydrogen-bond donors (Lipinski definition) is 3. The van der Waals surface area contributed by atoms with Gasteiger partial charge in [-0.3, -0.25) is 4.79 Å². The predicted octanol–water partition coefficient (Wildman–Crippen LogP) is 5.34. The normalized spacial score (nSPS) is 12.0. The maximum Gasteiger partial charge on any atom is 0.323 e. The third-order valence-electron chi connectivity index (χ3n) is 3.92. The highest BCUT2D eigenvalue weighted by atomic mass is 35.5. The topological polar surface area (TPSA) is 79.5 Å². The van der Waals surface area contributed by atoms with Crippen LogP contribution >= 0.6 is 11.6 Å². The van der Waals surface area contributed by atoms with Crippen LogP contribution in [0.5, 0.6) is 11.5 Å². The number of fused-ring (bicyclic) bond motifs is 2. The van der Waals surface area contributed by atoms with E-state index in [2.05, 4.69) is 16.0 Å². The Balaban J connectivity index is 1.54. The summed E-state index contributed by atoms with van der Waals surface area (Å²) in [5.74, 6) is 0.663. The van der Waals surface area contributed by atoms with E-state index in [4.69, 9.17) is 16.3 Å². The van der Waals surface area contributed by atoms with Crippen LogP contribution in [0.2, 0.25) is 5.02 Å². The Labute approximate surface area is 160 Å². The molecular formula is C20H14ClN3O3. The zero-order valence-electron chi connectivity index (χ0n) is 14.0. The molecule has 0 saturated carbocycles. The van der Waals surface area contributed by atoms with Crippen LogP contribution in [0, 0.1) is 0 Å². The number of anilines is 3. The van der Waals surface area contributed by atoms with Gasteiger partial charge in [-0.05, 0) is 48.5 Å². The average Bonchev–Trinajstić information content (AvgIpc) is 2.77. The molecule has 0 spiro atoms. The SMILES string of the molecule is O=C(Nc1cccc(Cl)c1)Nc1ccc2c(c1)C(=O)Nc1ccccc1O2. The van der Waals surface area contributed by atoms with Crippen LogP contribution < -0.4 is 20.7 Å². The van der Waals surface area contributed by atoms with Crippen molar-refractivity contribution in [3.63, 3.8) is 0 Å². The lowest BCUT2D eigenvalue weighted by atomic mass is 10.1. The van der Waals surface area contributed by atoms with E-state index in [1.165, 1.54) is 0 Å². The molecule has 0 radical (unpaired) electrons. The summed E-state index contributed by atoms with van der Waals surface area (Å²) in [5.41, 5.74) is 1.93. The van der Waals surface area contributed by atoms with Crippen LogP contribution in [0.15, 0.2) is 66.7 Å². The number of carbonyl (C=O) groups is 2. The Morgan fingerprint density at radius 2 is 1.67 bits per heavy atom. The lowest BCUT2D eigenvalue weighted by Crippen LogP contribution is -2.20. The standard InChI is InChI=1S/C20H14ClN3O3/c21-12-4-3-5-13(10-12)22-20(26)23-14-8-9-17-15(11-14)19(25)24-16-6-1-2-7-18(16)27-17/h1-11H,(H,24,25)(H2,22,23,26). The van der Waals surface area contributed by atoms with Crippen molar-refractivity contribution in [1.82, 2.24) is 0 Å². The van der Waals surface area contributed by atoms with Crippen molar-refractivity contribution in [2.24, 2.45) is 0 Å². The van der Waals surface area contributed by atoms with Crippen molar-refractivity contribution in [3.8, 4) is 11.5 Å². The van der Waals surface area contributed by atoms with E-state index in [1.807, 2.05) is 12.1 Å². The highest BCUT2D eigenvalue weighted by Crippen LogP contribution is 2.36. The van der Waals surface area contributed by atoms with Crippen molar-refractivity contribution in [2.75, 3.05) is 16.0 Å². The lowest BCUT2D eigenvalue weighted by Gasteiger charge is -2.11. The van der Waals surface area contributed by atoms with Gasteiger partial charge in [0.1, 0.15) is 5.75 Å². The molecule has 7 heteroatoms. The second-order valence-electron chi connectivity index (χ2n) is 5.85. The number of urea groups is 1. The zero-order chi connectivity index (χ0) is 18.8. The molecule has 1 aliphatic rings. The lowest BCUT2D eigenvalue weighted by molar-refractivity contribution is 0.102. The summed E-state index contributed by atoms with van der Waals surface area (Å²) in [5, 5.41) is 8.69. The van der Waals surface area contributed by atoms with Crippen molar-refractivity contribution in [2.45, 2.75) is 0 Å². The predicted molar refractivity (Wildman–Crippen MR) is 105 cm³/mol. The largest absolute Gasteiger partial charge is 0.454 e. The molecule has 0 saturated heterocycles. The van der Waals surface area contributed by atoms with Gasteiger partial charge in [0, 0.05) is 16.4 Å². The summed E-state index contributed by atoms with van der Waals surface area (Å²) < 4.78 is 5.82. The summed E-state index contributed by atoms with van der Waals surface area (Å²) in [6.45, 7) is 0. The molecular weight excluding hydrogens is 366 g/mol.